The van der Waals surface area contributed by atoms with E-state index in [9.17, 15) is 9.90 Å². The molecule has 30 heavy (non-hydrogen) atoms. The van der Waals surface area contributed by atoms with Crippen LogP contribution in [-0.4, -0.2) is 30.3 Å². The van der Waals surface area contributed by atoms with Crippen molar-refractivity contribution in [3.05, 3.63) is 51.9 Å². The van der Waals surface area contributed by atoms with Crippen LogP contribution in [0.1, 0.15) is 37.3 Å². The number of hydrogen-bond acceptors (Lipinski definition) is 5. The van der Waals surface area contributed by atoms with Crippen LogP contribution >= 0.6 is 0 Å². The van der Waals surface area contributed by atoms with Crippen LogP contribution in [0.15, 0.2) is 29.2 Å². The van der Waals surface area contributed by atoms with Crippen LogP contribution in [-0.2, 0) is 7.05 Å². The third-order valence-electron chi connectivity index (χ3n) is 6.75. The first-order valence-corrected chi connectivity index (χ1v) is 10.3. The van der Waals surface area contributed by atoms with Gasteiger partial charge in [0.2, 0.25) is 5.95 Å². The molecule has 154 valence electrons. The van der Waals surface area contributed by atoms with Gasteiger partial charge in [0, 0.05) is 18.8 Å². The molecule has 2 unspecified atom stereocenters. The van der Waals surface area contributed by atoms with E-state index < -0.39 is 0 Å². The van der Waals surface area contributed by atoms with E-state index in [4.69, 9.17) is 11.6 Å². The zero-order valence-corrected chi connectivity index (χ0v) is 17.0. The predicted octanol–water partition coefficient (Wildman–Crippen LogP) is 3.45. The third-order valence-corrected chi connectivity index (χ3v) is 6.75. The highest BCUT2D eigenvalue weighted by atomic mass is 16.3. The van der Waals surface area contributed by atoms with Gasteiger partial charge in [-0.15, -0.1) is 0 Å². The molecule has 0 radical (unpaired) electrons. The van der Waals surface area contributed by atoms with Crippen molar-refractivity contribution in [3.8, 4) is 0 Å². The first kappa shape index (κ1) is 18.8. The molecular weight excluding hydrogens is 380 g/mol. The van der Waals surface area contributed by atoms with Crippen LogP contribution in [0.5, 0.6) is 0 Å². The Morgan fingerprint density at radius 2 is 1.97 bits per heavy atom. The van der Waals surface area contributed by atoms with E-state index in [0.717, 1.165) is 36.9 Å². The lowest BCUT2D eigenvalue weighted by molar-refractivity contribution is 0.169. The van der Waals surface area contributed by atoms with Gasteiger partial charge in [0.05, 0.1) is 18.9 Å². The number of anilines is 2. The monoisotopic (exact) mass is 404 g/mol. The van der Waals surface area contributed by atoms with Crippen molar-refractivity contribution in [1.29, 1.82) is 0 Å². The van der Waals surface area contributed by atoms with Crippen molar-refractivity contribution in [1.82, 2.24) is 19.1 Å². The molecule has 2 N–H and O–H groups in total. The number of aliphatic hydroxyl groups is 1. The second-order valence-electron chi connectivity index (χ2n) is 8.62. The maximum atomic E-state index is 13.0. The number of aromatic nitrogens is 4. The van der Waals surface area contributed by atoms with E-state index in [1.165, 1.54) is 0 Å². The van der Waals surface area contributed by atoms with Crippen LogP contribution in [0, 0.1) is 25.3 Å². The summed E-state index contributed by atoms with van der Waals surface area (Å²) in [5.74, 6) is 1.39. The lowest BCUT2D eigenvalue weighted by Crippen LogP contribution is -2.25. The van der Waals surface area contributed by atoms with Gasteiger partial charge in [-0.3, -0.25) is 9.13 Å². The molecule has 8 nitrogen and oxygen atoms in total. The lowest BCUT2D eigenvalue weighted by atomic mass is 10.0. The van der Waals surface area contributed by atoms with Crippen LogP contribution in [0.25, 0.3) is 16.0 Å². The van der Waals surface area contributed by atoms with Gasteiger partial charge in [-0.05, 0) is 56.1 Å². The molecule has 2 aliphatic rings. The van der Waals surface area contributed by atoms with Crippen molar-refractivity contribution in [3.63, 3.8) is 0 Å². The Kier molecular flexibility index (Phi) is 4.36. The van der Waals surface area contributed by atoms with E-state index in [-0.39, 0.29) is 17.8 Å². The first-order valence-electron chi connectivity index (χ1n) is 10.3. The number of nitrogens with zero attached hydrogens (tertiary/aromatic N) is 5. The number of fused-ring (bicyclic) bond motifs is 2. The second kappa shape index (κ2) is 6.96. The number of aryl methyl sites for hydroxylation is 2. The number of nitrogens with one attached hydrogen (secondary N) is 1. The summed E-state index contributed by atoms with van der Waals surface area (Å²) in [5, 5.41) is 13.2. The quantitative estimate of drug-likeness (QED) is 0.653. The maximum absolute atomic E-state index is 13.0. The Balaban J connectivity index is 1.51. The summed E-state index contributed by atoms with van der Waals surface area (Å²) in [5.41, 5.74) is 3.63. The van der Waals surface area contributed by atoms with Gasteiger partial charge in [0.15, 0.2) is 11.3 Å². The molecule has 2 heterocycles. The zero-order chi connectivity index (χ0) is 21.0. The van der Waals surface area contributed by atoms with Crippen molar-refractivity contribution in [2.45, 2.75) is 44.8 Å². The summed E-state index contributed by atoms with van der Waals surface area (Å²) >= 11 is 0. The lowest BCUT2D eigenvalue weighted by Gasteiger charge is -2.14. The van der Waals surface area contributed by atoms with Gasteiger partial charge >= 0.3 is 5.69 Å². The molecule has 3 aromatic rings. The molecule has 5 rings (SSSR count). The molecule has 2 atom stereocenters. The molecule has 2 fully saturated rings. The van der Waals surface area contributed by atoms with Crippen LogP contribution in [0.3, 0.4) is 0 Å². The molecule has 0 spiro atoms. The summed E-state index contributed by atoms with van der Waals surface area (Å²) in [6.45, 7) is 9.07. The summed E-state index contributed by atoms with van der Waals surface area (Å²) in [6.07, 6.45) is 4.98. The van der Waals surface area contributed by atoms with Gasteiger partial charge in [0.1, 0.15) is 5.52 Å². The molecule has 2 saturated carbocycles. The highest BCUT2D eigenvalue weighted by molar-refractivity contribution is 5.73. The van der Waals surface area contributed by atoms with Gasteiger partial charge in [-0.25, -0.2) is 14.6 Å². The first-order chi connectivity index (χ1) is 14.4. The Morgan fingerprint density at radius 1 is 1.23 bits per heavy atom. The zero-order valence-electron chi connectivity index (χ0n) is 17.0. The van der Waals surface area contributed by atoms with E-state index in [1.54, 1.807) is 23.9 Å². The number of rotatable bonds is 3. The summed E-state index contributed by atoms with van der Waals surface area (Å²) in [7, 11) is 1.75. The van der Waals surface area contributed by atoms with Crippen LogP contribution in [0.4, 0.5) is 17.3 Å². The fourth-order valence-corrected chi connectivity index (χ4v) is 5.27. The minimum atomic E-state index is -0.194. The minimum absolute atomic E-state index is 0.0698. The molecule has 2 aliphatic carbocycles. The summed E-state index contributed by atoms with van der Waals surface area (Å²) in [4.78, 5) is 25.6. The Bertz CT molecular complexity index is 1220. The molecule has 1 aromatic carbocycles. The minimum Gasteiger partial charge on any atom is -0.393 e. The average Bonchev–Trinajstić information content (AvgIpc) is 3.33. The molecule has 0 saturated heterocycles. The van der Waals surface area contributed by atoms with Crippen LogP contribution < -0.4 is 11.0 Å². The molecule has 8 heteroatoms. The van der Waals surface area contributed by atoms with E-state index >= 15 is 0 Å². The average molecular weight is 404 g/mol. The van der Waals surface area contributed by atoms with E-state index in [0.29, 0.717) is 34.6 Å². The highest BCUT2D eigenvalue weighted by Crippen LogP contribution is 2.48. The third kappa shape index (κ3) is 2.97. The van der Waals surface area contributed by atoms with E-state index in [1.807, 2.05) is 23.6 Å². The van der Waals surface area contributed by atoms with Gasteiger partial charge in [-0.2, -0.15) is 4.98 Å². The molecular formula is C22H24N6O2. The van der Waals surface area contributed by atoms with Gasteiger partial charge in [-0.1, -0.05) is 12.1 Å². The normalized spacial score (nSPS) is 25.4. The Morgan fingerprint density at radius 3 is 2.63 bits per heavy atom. The predicted molar refractivity (Wildman–Crippen MR) is 114 cm³/mol. The number of aliphatic hydroxyl groups excluding tert-OH is 1. The largest absolute Gasteiger partial charge is 0.393 e. The maximum Gasteiger partial charge on any atom is 0.330 e. The number of hydrogen-bond donors (Lipinski definition) is 2. The van der Waals surface area contributed by atoms with E-state index in [2.05, 4.69) is 15.1 Å². The second-order valence-corrected chi connectivity index (χ2v) is 8.62. The van der Waals surface area contributed by atoms with Crippen LogP contribution in [0.2, 0.25) is 0 Å². The van der Waals surface area contributed by atoms with Gasteiger partial charge in [0.25, 0.3) is 0 Å². The summed E-state index contributed by atoms with van der Waals surface area (Å²) < 4.78 is 3.43. The SMILES string of the molecule is [C-]#[N+]c1ccc(Nc2ncc3c(n2)n(C2CC4CC(O)CC4C2)c(=O)n3C)c(C)c1. The van der Waals surface area contributed by atoms with Crippen molar-refractivity contribution in [2.24, 2.45) is 18.9 Å². The molecule has 0 aliphatic heterocycles. The highest BCUT2D eigenvalue weighted by Gasteiger charge is 2.42. The number of benzene rings is 1. The standard InChI is InChI=1S/C22H24N6O2/c1-12-6-15(23-2)4-5-18(12)25-21-24-11-19-20(26-21)28(22(30)27(19)3)16-7-13-9-17(29)10-14(13)8-16/h4-6,11,13-14,16-17,29H,7-10H2,1,3H3,(H,24,25,26). The number of imidazole rings is 1. The van der Waals surface area contributed by atoms with Crippen molar-refractivity contribution >= 4 is 28.5 Å². The van der Waals surface area contributed by atoms with Crippen molar-refractivity contribution < 1.29 is 5.11 Å². The topological polar surface area (TPSA) is 89.3 Å². The Hall–Kier alpha value is -3.18. The molecule has 2 aromatic heterocycles. The molecule has 0 bridgehead atoms. The van der Waals surface area contributed by atoms with Gasteiger partial charge < -0.3 is 10.4 Å². The Labute approximate surface area is 174 Å². The fourth-order valence-electron chi connectivity index (χ4n) is 5.27. The molecule has 0 amide bonds. The summed E-state index contributed by atoms with van der Waals surface area (Å²) in [6, 6.07) is 5.52. The fraction of sp³-hybridized carbons (Fsp3) is 0.455. The smallest absolute Gasteiger partial charge is 0.330 e. The van der Waals surface area contributed by atoms with Crippen molar-refractivity contribution in [2.75, 3.05) is 5.32 Å².